The molecule has 166 valence electrons. The van der Waals surface area contributed by atoms with Crippen molar-refractivity contribution in [1.82, 2.24) is 15.0 Å². The van der Waals surface area contributed by atoms with E-state index in [1.165, 1.54) is 9.75 Å². The molecule has 6 rings (SSSR count). The first-order valence-corrected chi connectivity index (χ1v) is 11.8. The first kappa shape index (κ1) is 20.0. The van der Waals surface area contributed by atoms with Crippen LogP contribution in [-0.4, -0.2) is 27.5 Å². The molecule has 1 unspecified atom stereocenters. The second-order valence-electron chi connectivity index (χ2n) is 8.35. The second-order valence-corrected chi connectivity index (χ2v) is 9.64. The van der Waals surface area contributed by atoms with Crippen LogP contribution in [-0.2, 0) is 17.6 Å². The van der Waals surface area contributed by atoms with E-state index < -0.39 is 0 Å². The molecule has 1 atom stereocenters. The molecule has 1 aromatic carbocycles. The molecule has 33 heavy (non-hydrogen) atoms. The van der Waals surface area contributed by atoms with Crippen LogP contribution >= 0.6 is 11.3 Å². The van der Waals surface area contributed by atoms with Gasteiger partial charge in [0.25, 0.3) is 0 Å². The van der Waals surface area contributed by atoms with Crippen molar-refractivity contribution in [3.8, 4) is 27.8 Å². The summed E-state index contributed by atoms with van der Waals surface area (Å²) in [5.41, 5.74) is 2.99. The number of H-pyrrole nitrogens is 1. The number of hydrogen-bond donors (Lipinski definition) is 2. The number of hydrogen-bond acceptors (Lipinski definition) is 6. The van der Waals surface area contributed by atoms with Crippen LogP contribution in [0.2, 0.25) is 0 Å². The van der Waals surface area contributed by atoms with Gasteiger partial charge < -0.3 is 19.8 Å². The van der Waals surface area contributed by atoms with E-state index in [9.17, 15) is 4.79 Å². The van der Waals surface area contributed by atoms with Gasteiger partial charge in [-0.2, -0.15) is 0 Å². The molecule has 2 N–H and O–H groups in total. The van der Waals surface area contributed by atoms with Crippen molar-refractivity contribution in [2.24, 2.45) is 0 Å². The number of thiophene rings is 1. The van der Waals surface area contributed by atoms with Gasteiger partial charge >= 0.3 is 0 Å². The molecule has 2 aliphatic rings. The minimum absolute atomic E-state index is 0.0144. The number of carbonyl (C=O) groups is 1. The molecule has 0 saturated heterocycles. The van der Waals surface area contributed by atoms with Gasteiger partial charge in [-0.25, -0.2) is 9.97 Å². The minimum atomic E-state index is -0.0144. The van der Waals surface area contributed by atoms with Gasteiger partial charge in [0, 0.05) is 29.3 Å². The fraction of sp³-hybridized carbons (Fsp3) is 0.240. The highest BCUT2D eigenvalue weighted by Crippen LogP contribution is 2.38. The molecule has 4 aromatic rings. The zero-order valence-electron chi connectivity index (χ0n) is 18.1. The van der Waals surface area contributed by atoms with Gasteiger partial charge in [0.2, 0.25) is 5.91 Å². The SMILES string of the molecule is Cc1ccc(-c2c[nH]c(C3COc4ccc(Oc5ccnc6c5CCC(=O)N6)cc4C3)n2)s1. The normalized spacial score (nSPS) is 17.0. The smallest absolute Gasteiger partial charge is 0.225 e. The number of aromatic nitrogens is 3. The molecule has 5 heterocycles. The van der Waals surface area contributed by atoms with Crippen LogP contribution in [0.3, 0.4) is 0 Å². The second kappa shape index (κ2) is 8.04. The molecule has 0 radical (unpaired) electrons. The van der Waals surface area contributed by atoms with Crippen LogP contribution in [0.4, 0.5) is 5.82 Å². The Kier molecular flexibility index (Phi) is 4.87. The maximum Gasteiger partial charge on any atom is 0.225 e. The minimum Gasteiger partial charge on any atom is -0.493 e. The van der Waals surface area contributed by atoms with Crippen LogP contribution in [0.5, 0.6) is 17.2 Å². The predicted octanol–water partition coefficient (Wildman–Crippen LogP) is 5.24. The third kappa shape index (κ3) is 3.87. The molecule has 7 nitrogen and oxygen atoms in total. The van der Waals surface area contributed by atoms with E-state index >= 15 is 0 Å². The fourth-order valence-electron chi connectivity index (χ4n) is 4.33. The Morgan fingerprint density at radius 2 is 2.12 bits per heavy atom. The average molecular weight is 459 g/mol. The lowest BCUT2D eigenvalue weighted by atomic mass is 9.96. The van der Waals surface area contributed by atoms with Gasteiger partial charge in [0.1, 0.15) is 28.9 Å². The Bertz CT molecular complexity index is 1360. The van der Waals surface area contributed by atoms with E-state index in [-0.39, 0.29) is 11.8 Å². The van der Waals surface area contributed by atoms with Crippen LogP contribution < -0.4 is 14.8 Å². The topological polar surface area (TPSA) is 89.1 Å². The van der Waals surface area contributed by atoms with Gasteiger partial charge in [-0.3, -0.25) is 4.79 Å². The largest absolute Gasteiger partial charge is 0.493 e. The third-order valence-electron chi connectivity index (χ3n) is 6.02. The number of anilines is 1. The van der Waals surface area contributed by atoms with E-state index in [0.29, 0.717) is 25.3 Å². The number of nitrogens with zero attached hydrogens (tertiary/aromatic N) is 2. The number of fused-ring (bicyclic) bond motifs is 2. The van der Waals surface area contributed by atoms with Gasteiger partial charge in [-0.05, 0) is 61.7 Å². The third-order valence-corrected chi connectivity index (χ3v) is 7.04. The van der Waals surface area contributed by atoms with Crippen LogP contribution in [0.1, 0.15) is 34.2 Å². The van der Waals surface area contributed by atoms with Crippen molar-refractivity contribution in [2.75, 3.05) is 11.9 Å². The van der Waals surface area contributed by atoms with Crippen molar-refractivity contribution in [3.63, 3.8) is 0 Å². The standard InChI is InChI=1S/C25H22N4O3S/c1-14-2-6-22(33-14)19-12-27-24(28-19)16-10-15-11-17(3-5-20(15)31-13-16)32-21-8-9-26-25-18(21)4-7-23(30)29-25/h2-3,5-6,8-9,11-12,16H,4,7,10,13H2,1H3,(H,27,28)(H,26,29,30). The summed E-state index contributed by atoms with van der Waals surface area (Å²) in [6.07, 6.45) is 5.49. The van der Waals surface area contributed by atoms with Crippen molar-refractivity contribution in [1.29, 1.82) is 0 Å². The van der Waals surface area contributed by atoms with E-state index in [4.69, 9.17) is 14.5 Å². The summed E-state index contributed by atoms with van der Waals surface area (Å²) in [4.78, 5) is 26.6. The highest BCUT2D eigenvalue weighted by Gasteiger charge is 2.25. The summed E-state index contributed by atoms with van der Waals surface area (Å²) < 4.78 is 12.3. The van der Waals surface area contributed by atoms with Crippen LogP contribution in [0.25, 0.3) is 10.6 Å². The highest BCUT2D eigenvalue weighted by atomic mass is 32.1. The Morgan fingerprint density at radius 1 is 1.18 bits per heavy atom. The first-order valence-electron chi connectivity index (χ1n) is 11.0. The predicted molar refractivity (Wildman–Crippen MR) is 126 cm³/mol. The van der Waals surface area contributed by atoms with Crippen LogP contribution in [0, 0.1) is 6.92 Å². The molecule has 1 amide bonds. The Balaban J connectivity index is 1.22. The number of ether oxygens (including phenoxy) is 2. The molecule has 3 aromatic heterocycles. The zero-order valence-corrected chi connectivity index (χ0v) is 18.9. The Morgan fingerprint density at radius 3 is 3.00 bits per heavy atom. The Labute approximate surface area is 194 Å². The summed E-state index contributed by atoms with van der Waals surface area (Å²) in [5, 5.41) is 2.82. The average Bonchev–Trinajstić information content (AvgIpc) is 3.48. The summed E-state index contributed by atoms with van der Waals surface area (Å²) in [6.45, 7) is 2.69. The summed E-state index contributed by atoms with van der Waals surface area (Å²) >= 11 is 1.74. The lowest BCUT2D eigenvalue weighted by molar-refractivity contribution is -0.116. The van der Waals surface area contributed by atoms with Gasteiger partial charge in [-0.15, -0.1) is 11.3 Å². The molecule has 8 heteroatoms. The summed E-state index contributed by atoms with van der Waals surface area (Å²) in [6, 6.07) is 12.0. The first-order chi connectivity index (χ1) is 16.1. The molecule has 0 aliphatic carbocycles. The lowest BCUT2D eigenvalue weighted by Gasteiger charge is -2.25. The van der Waals surface area contributed by atoms with Gasteiger partial charge in [0.15, 0.2) is 0 Å². The fourth-order valence-corrected chi connectivity index (χ4v) is 5.16. The quantitative estimate of drug-likeness (QED) is 0.437. The lowest BCUT2D eigenvalue weighted by Crippen LogP contribution is -2.20. The van der Waals surface area contributed by atoms with E-state index in [0.717, 1.165) is 46.3 Å². The van der Waals surface area contributed by atoms with Gasteiger partial charge in [0.05, 0.1) is 23.1 Å². The summed E-state index contributed by atoms with van der Waals surface area (Å²) in [7, 11) is 0. The van der Waals surface area contributed by atoms with Crippen LogP contribution in [0.15, 0.2) is 48.8 Å². The Hall–Kier alpha value is -3.65. The highest BCUT2D eigenvalue weighted by molar-refractivity contribution is 7.15. The van der Waals surface area contributed by atoms with E-state index in [1.54, 1.807) is 17.5 Å². The maximum atomic E-state index is 11.7. The van der Waals surface area contributed by atoms with E-state index in [1.807, 2.05) is 30.5 Å². The number of nitrogens with one attached hydrogen (secondary N) is 2. The molecule has 2 aliphatic heterocycles. The number of carbonyl (C=O) groups excluding carboxylic acids is 1. The van der Waals surface area contributed by atoms with Crippen molar-refractivity contribution in [2.45, 2.75) is 32.1 Å². The molecule has 0 fully saturated rings. The summed E-state index contributed by atoms with van der Waals surface area (Å²) in [5.74, 6) is 3.98. The zero-order chi connectivity index (χ0) is 22.4. The molecule has 0 saturated carbocycles. The van der Waals surface area contributed by atoms with Crippen molar-refractivity contribution < 1.29 is 14.3 Å². The number of amides is 1. The monoisotopic (exact) mass is 458 g/mol. The molecule has 0 spiro atoms. The molecule has 0 bridgehead atoms. The molecular formula is C25H22N4O3S. The number of pyridine rings is 1. The number of aryl methyl sites for hydroxylation is 1. The van der Waals surface area contributed by atoms with Gasteiger partial charge in [-0.1, -0.05) is 0 Å². The number of imidazole rings is 1. The number of benzene rings is 1. The van der Waals surface area contributed by atoms with Crippen molar-refractivity contribution in [3.05, 3.63) is 70.6 Å². The number of rotatable bonds is 4. The molecular weight excluding hydrogens is 436 g/mol. The van der Waals surface area contributed by atoms with Crippen molar-refractivity contribution >= 4 is 23.1 Å². The van der Waals surface area contributed by atoms with E-state index in [2.05, 4.69) is 34.3 Å². The maximum absolute atomic E-state index is 11.7. The number of aromatic amines is 1.